The zero-order chi connectivity index (χ0) is 15.1. The molecule has 0 aliphatic heterocycles. The highest BCUT2D eigenvalue weighted by molar-refractivity contribution is 7.99. The highest BCUT2D eigenvalue weighted by atomic mass is 32.2. The zero-order valence-electron chi connectivity index (χ0n) is 12.9. The van der Waals surface area contributed by atoms with Crippen molar-refractivity contribution in [3.05, 3.63) is 18.2 Å². The summed E-state index contributed by atoms with van der Waals surface area (Å²) in [6.07, 6.45) is 3.82. The maximum atomic E-state index is 4.21. The largest absolute Gasteiger partial charge is 0.334 e. The van der Waals surface area contributed by atoms with Crippen LogP contribution < -0.4 is 5.32 Å². The summed E-state index contributed by atoms with van der Waals surface area (Å²) < 4.78 is 3.99. The second-order valence-corrected chi connectivity index (χ2v) is 6.36. The lowest BCUT2D eigenvalue weighted by atomic mass is 10.2. The first-order chi connectivity index (χ1) is 10.2. The molecule has 0 aromatic carbocycles. The minimum atomic E-state index is 0.658. The maximum Gasteiger partial charge on any atom is 0.209 e. The van der Waals surface area contributed by atoms with Crippen molar-refractivity contribution >= 4 is 11.8 Å². The Kier molecular flexibility index (Phi) is 6.19. The molecule has 0 atom stereocenters. The number of tetrazole rings is 1. The van der Waals surface area contributed by atoms with Gasteiger partial charge >= 0.3 is 0 Å². The Morgan fingerprint density at radius 1 is 1.33 bits per heavy atom. The minimum Gasteiger partial charge on any atom is -0.334 e. The first kappa shape index (κ1) is 16.0. The van der Waals surface area contributed by atoms with E-state index in [4.69, 9.17) is 0 Å². The number of imidazole rings is 1. The van der Waals surface area contributed by atoms with Gasteiger partial charge in [-0.25, -0.2) is 9.67 Å². The molecule has 8 heteroatoms. The maximum absolute atomic E-state index is 4.21. The van der Waals surface area contributed by atoms with Crippen molar-refractivity contribution in [2.24, 2.45) is 5.92 Å². The number of hydrogen-bond donors (Lipinski definition) is 1. The van der Waals surface area contributed by atoms with Crippen molar-refractivity contribution in [2.75, 3.05) is 18.8 Å². The van der Waals surface area contributed by atoms with E-state index in [0.717, 1.165) is 42.9 Å². The lowest BCUT2D eigenvalue weighted by Crippen LogP contribution is -2.24. The van der Waals surface area contributed by atoms with Crippen molar-refractivity contribution in [1.29, 1.82) is 0 Å². The van der Waals surface area contributed by atoms with Crippen LogP contribution in [0.2, 0.25) is 0 Å². The van der Waals surface area contributed by atoms with Gasteiger partial charge in [0.1, 0.15) is 5.82 Å². The van der Waals surface area contributed by atoms with Crippen LogP contribution in [0.5, 0.6) is 0 Å². The zero-order valence-corrected chi connectivity index (χ0v) is 13.7. The highest BCUT2D eigenvalue weighted by Gasteiger charge is 2.07. The van der Waals surface area contributed by atoms with Crippen LogP contribution in [0.1, 0.15) is 19.7 Å². The lowest BCUT2D eigenvalue weighted by Gasteiger charge is -2.08. The number of aryl methyl sites for hydroxylation is 2. The van der Waals surface area contributed by atoms with Crippen molar-refractivity contribution in [3.8, 4) is 0 Å². The van der Waals surface area contributed by atoms with Gasteiger partial charge in [0.25, 0.3) is 0 Å². The second kappa shape index (κ2) is 8.14. The fourth-order valence-electron chi connectivity index (χ4n) is 1.89. The van der Waals surface area contributed by atoms with Crippen LogP contribution in [0.4, 0.5) is 0 Å². The van der Waals surface area contributed by atoms with E-state index in [1.54, 1.807) is 11.8 Å². The molecule has 0 amide bonds. The van der Waals surface area contributed by atoms with E-state index in [0.29, 0.717) is 5.92 Å². The van der Waals surface area contributed by atoms with Crippen LogP contribution in [0, 0.1) is 12.8 Å². The van der Waals surface area contributed by atoms with Gasteiger partial charge in [0.05, 0.1) is 6.54 Å². The van der Waals surface area contributed by atoms with Gasteiger partial charge < -0.3 is 9.88 Å². The first-order valence-corrected chi connectivity index (χ1v) is 8.23. The standard InChI is InChI=1S/C13H23N7S/c1-11(2)10-14-4-7-20-13(16-17-18-20)21-9-8-19-6-5-15-12(19)3/h5-6,11,14H,4,7-10H2,1-3H3. The number of nitrogens with one attached hydrogen (secondary N) is 1. The summed E-state index contributed by atoms with van der Waals surface area (Å²) in [5.74, 6) is 2.62. The van der Waals surface area contributed by atoms with Crippen LogP contribution >= 0.6 is 11.8 Å². The fraction of sp³-hybridized carbons (Fsp3) is 0.692. The van der Waals surface area contributed by atoms with E-state index in [-0.39, 0.29) is 0 Å². The summed E-state index contributed by atoms with van der Waals surface area (Å²) in [5.41, 5.74) is 0. The molecule has 2 aromatic rings. The topological polar surface area (TPSA) is 73.5 Å². The highest BCUT2D eigenvalue weighted by Crippen LogP contribution is 2.14. The van der Waals surface area contributed by atoms with E-state index >= 15 is 0 Å². The Labute approximate surface area is 129 Å². The van der Waals surface area contributed by atoms with E-state index in [1.807, 2.05) is 24.0 Å². The predicted octanol–water partition coefficient (Wildman–Crippen LogP) is 1.22. The molecule has 2 aromatic heterocycles. The Morgan fingerprint density at radius 2 is 2.19 bits per heavy atom. The third-order valence-corrected chi connectivity index (χ3v) is 3.98. The Hall–Kier alpha value is -1.41. The summed E-state index contributed by atoms with van der Waals surface area (Å²) in [5, 5.41) is 16.2. The van der Waals surface area contributed by atoms with Gasteiger partial charge in [0.2, 0.25) is 5.16 Å². The Morgan fingerprint density at radius 3 is 2.90 bits per heavy atom. The summed E-state index contributed by atoms with van der Waals surface area (Å²) in [6.45, 7) is 10.0. The molecular weight excluding hydrogens is 286 g/mol. The van der Waals surface area contributed by atoms with Crippen LogP contribution in [0.15, 0.2) is 17.6 Å². The Balaban J connectivity index is 1.74. The predicted molar refractivity (Wildman–Crippen MR) is 83.2 cm³/mol. The van der Waals surface area contributed by atoms with Crippen LogP contribution in [0.3, 0.4) is 0 Å². The van der Waals surface area contributed by atoms with Gasteiger partial charge in [-0.05, 0) is 29.8 Å². The van der Waals surface area contributed by atoms with Crippen molar-refractivity contribution < 1.29 is 0 Å². The lowest BCUT2D eigenvalue weighted by molar-refractivity contribution is 0.482. The quantitative estimate of drug-likeness (QED) is 0.554. The molecule has 7 nitrogen and oxygen atoms in total. The molecule has 0 fully saturated rings. The molecule has 0 saturated heterocycles. The van der Waals surface area contributed by atoms with Gasteiger partial charge in [-0.3, -0.25) is 0 Å². The van der Waals surface area contributed by atoms with Crippen LogP contribution in [0.25, 0.3) is 0 Å². The van der Waals surface area contributed by atoms with Crippen molar-refractivity contribution in [1.82, 2.24) is 35.1 Å². The molecule has 2 rings (SSSR count). The van der Waals surface area contributed by atoms with Crippen molar-refractivity contribution in [2.45, 2.75) is 39.0 Å². The smallest absolute Gasteiger partial charge is 0.209 e. The monoisotopic (exact) mass is 309 g/mol. The fourth-order valence-corrected chi connectivity index (χ4v) is 2.73. The van der Waals surface area contributed by atoms with E-state index in [2.05, 4.69) is 44.2 Å². The van der Waals surface area contributed by atoms with Crippen LogP contribution in [-0.4, -0.2) is 48.6 Å². The average Bonchev–Trinajstić information content (AvgIpc) is 3.05. The number of nitrogens with zero attached hydrogens (tertiary/aromatic N) is 6. The van der Waals surface area contributed by atoms with E-state index < -0.39 is 0 Å². The van der Waals surface area contributed by atoms with E-state index in [9.17, 15) is 0 Å². The molecule has 0 aliphatic carbocycles. The normalized spacial score (nSPS) is 11.4. The number of thioether (sulfide) groups is 1. The second-order valence-electron chi connectivity index (χ2n) is 5.30. The molecular formula is C13H23N7S. The molecule has 2 heterocycles. The van der Waals surface area contributed by atoms with Gasteiger partial charge in [-0.15, -0.1) is 5.10 Å². The third-order valence-electron chi connectivity index (χ3n) is 3.04. The molecule has 0 saturated carbocycles. The molecule has 0 bridgehead atoms. The van der Waals surface area contributed by atoms with Crippen LogP contribution in [-0.2, 0) is 13.1 Å². The Bertz CT molecular complexity index is 534. The number of hydrogen-bond acceptors (Lipinski definition) is 6. The van der Waals surface area contributed by atoms with Gasteiger partial charge in [0, 0.05) is 31.2 Å². The molecule has 0 spiro atoms. The number of aromatic nitrogens is 6. The minimum absolute atomic E-state index is 0.658. The molecule has 1 N–H and O–H groups in total. The summed E-state index contributed by atoms with van der Waals surface area (Å²) in [6, 6.07) is 0. The molecule has 0 aliphatic rings. The molecule has 0 radical (unpaired) electrons. The molecule has 116 valence electrons. The van der Waals surface area contributed by atoms with Gasteiger partial charge in [-0.2, -0.15) is 0 Å². The first-order valence-electron chi connectivity index (χ1n) is 7.24. The van der Waals surface area contributed by atoms with E-state index in [1.165, 1.54) is 0 Å². The molecule has 21 heavy (non-hydrogen) atoms. The van der Waals surface area contributed by atoms with Gasteiger partial charge in [0.15, 0.2) is 0 Å². The average molecular weight is 309 g/mol. The van der Waals surface area contributed by atoms with Crippen molar-refractivity contribution in [3.63, 3.8) is 0 Å². The summed E-state index contributed by atoms with van der Waals surface area (Å²) >= 11 is 1.68. The van der Waals surface area contributed by atoms with Gasteiger partial charge in [-0.1, -0.05) is 25.6 Å². The summed E-state index contributed by atoms with van der Waals surface area (Å²) in [7, 11) is 0. The number of rotatable bonds is 9. The molecule has 0 unspecified atom stereocenters. The third kappa shape index (κ3) is 5.13. The SMILES string of the molecule is Cc1nccn1CCSc1nnnn1CCNCC(C)C. The summed E-state index contributed by atoms with van der Waals surface area (Å²) in [4.78, 5) is 4.21.